The summed E-state index contributed by atoms with van der Waals surface area (Å²) < 4.78 is 5.87. The number of thiazole rings is 1. The van der Waals surface area contributed by atoms with Crippen molar-refractivity contribution in [3.05, 3.63) is 45.4 Å². The van der Waals surface area contributed by atoms with Crippen LogP contribution in [0.1, 0.15) is 24.3 Å². The van der Waals surface area contributed by atoms with Crippen molar-refractivity contribution in [2.75, 3.05) is 0 Å². The van der Waals surface area contributed by atoms with Gasteiger partial charge in [-0.2, -0.15) is 10.1 Å². The lowest BCUT2D eigenvalue weighted by Gasteiger charge is -2.01. The Kier molecular flexibility index (Phi) is 4.26. The van der Waals surface area contributed by atoms with E-state index in [0.29, 0.717) is 10.5 Å². The quantitative estimate of drug-likeness (QED) is 0.700. The third-order valence-electron chi connectivity index (χ3n) is 3.35. The molecule has 0 saturated carbocycles. The second-order valence-corrected chi connectivity index (χ2v) is 6.55. The molecule has 2 heterocycles. The van der Waals surface area contributed by atoms with Crippen molar-refractivity contribution in [3.63, 3.8) is 0 Å². The molecule has 0 N–H and O–H groups in total. The molecule has 0 aliphatic rings. The van der Waals surface area contributed by atoms with Gasteiger partial charge >= 0.3 is 0 Å². The Morgan fingerprint density at radius 3 is 2.82 bits per heavy atom. The fourth-order valence-electron chi connectivity index (χ4n) is 2.26. The Labute approximate surface area is 140 Å². The molecule has 0 saturated heterocycles. The summed E-state index contributed by atoms with van der Waals surface area (Å²) in [4.78, 5) is 17.3. The second-order valence-electron chi connectivity index (χ2n) is 4.69. The number of benzene rings is 1. The first-order valence-corrected chi connectivity index (χ1v) is 8.65. The first kappa shape index (κ1) is 15.2. The van der Waals surface area contributed by atoms with Crippen molar-refractivity contribution >= 4 is 43.4 Å². The average Bonchev–Trinajstić information content (AvgIpc) is 3.11. The normalized spacial score (nSPS) is 12.2. The maximum Gasteiger partial charge on any atom is 0.300 e. The Hall–Kier alpha value is -1.73. The molecule has 1 aromatic carbocycles. The molecule has 0 spiro atoms. The lowest BCUT2D eigenvalue weighted by Crippen LogP contribution is -2.16. The van der Waals surface area contributed by atoms with Crippen LogP contribution in [0.3, 0.4) is 0 Å². The lowest BCUT2D eigenvalue weighted by atomic mass is 10.3. The van der Waals surface area contributed by atoms with Gasteiger partial charge in [-0.1, -0.05) is 17.4 Å². The summed E-state index contributed by atoms with van der Waals surface area (Å²) in [5, 5.41) is 4.21. The van der Waals surface area contributed by atoms with Gasteiger partial charge in [-0.25, -0.2) is 0 Å². The number of halogens is 1. The van der Waals surface area contributed by atoms with Gasteiger partial charge in [-0.3, -0.25) is 9.48 Å². The second kappa shape index (κ2) is 6.18. The highest BCUT2D eigenvalue weighted by molar-refractivity contribution is 9.10. The van der Waals surface area contributed by atoms with E-state index in [1.807, 2.05) is 36.6 Å². The zero-order valence-corrected chi connectivity index (χ0v) is 14.7. The average molecular weight is 379 g/mol. The summed E-state index contributed by atoms with van der Waals surface area (Å²) in [5.41, 5.74) is 1.45. The first-order valence-electron chi connectivity index (χ1n) is 7.04. The molecule has 0 bridgehead atoms. The molecule has 0 unspecified atom stereocenters. The molecule has 7 heteroatoms. The van der Waals surface area contributed by atoms with E-state index in [1.54, 1.807) is 16.9 Å². The van der Waals surface area contributed by atoms with Gasteiger partial charge in [-0.15, -0.1) is 0 Å². The summed E-state index contributed by atoms with van der Waals surface area (Å²) in [6.45, 7) is 5.50. The molecule has 3 aromatic rings. The van der Waals surface area contributed by atoms with Crippen LogP contribution >= 0.6 is 27.3 Å². The van der Waals surface area contributed by atoms with Gasteiger partial charge < -0.3 is 4.57 Å². The number of fused-ring (bicyclic) bond motifs is 1. The summed E-state index contributed by atoms with van der Waals surface area (Å²) in [6, 6.07) is 7.72. The number of amides is 1. The van der Waals surface area contributed by atoms with Gasteiger partial charge in [0, 0.05) is 23.8 Å². The van der Waals surface area contributed by atoms with E-state index in [0.717, 1.165) is 27.8 Å². The molecule has 0 radical (unpaired) electrons. The number of hydrogen-bond acceptors (Lipinski definition) is 3. The molecule has 0 aliphatic heterocycles. The van der Waals surface area contributed by atoms with Gasteiger partial charge in [0.1, 0.15) is 0 Å². The summed E-state index contributed by atoms with van der Waals surface area (Å²) in [7, 11) is 0. The standard InChI is InChI=1S/C15H15BrN4OS/c1-3-19-9-8-11(18-19)14(21)17-15-20(4-2)13-10(16)6-5-7-12(13)22-15/h5-9H,3-4H2,1-2H3. The Balaban J connectivity index is 2.12. The minimum absolute atomic E-state index is 0.308. The van der Waals surface area contributed by atoms with Crippen LogP contribution in [0.15, 0.2) is 39.9 Å². The highest BCUT2D eigenvalue weighted by Crippen LogP contribution is 2.25. The smallest absolute Gasteiger partial charge is 0.300 e. The van der Waals surface area contributed by atoms with E-state index in [4.69, 9.17) is 0 Å². The molecule has 0 aliphatic carbocycles. The maximum absolute atomic E-state index is 12.3. The Morgan fingerprint density at radius 1 is 1.32 bits per heavy atom. The van der Waals surface area contributed by atoms with Crippen LogP contribution < -0.4 is 4.80 Å². The number of rotatable bonds is 3. The highest BCUT2D eigenvalue weighted by Gasteiger charge is 2.12. The van der Waals surface area contributed by atoms with Crippen LogP contribution in [0, 0.1) is 0 Å². The third-order valence-corrected chi connectivity index (χ3v) is 5.03. The Bertz CT molecular complexity index is 906. The Morgan fingerprint density at radius 2 is 2.14 bits per heavy atom. The molecular formula is C15H15BrN4OS. The maximum atomic E-state index is 12.3. The topological polar surface area (TPSA) is 52.2 Å². The van der Waals surface area contributed by atoms with Gasteiger partial charge in [-0.05, 0) is 48.0 Å². The van der Waals surface area contributed by atoms with E-state index in [2.05, 4.69) is 26.0 Å². The predicted molar refractivity (Wildman–Crippen MR) is 91.0 cm³/mol. The SMILES string of the molecule is CCn1ccc(C(=O)N=c2sc3cccc(Br)c3n2CC)n1. The molecule has 3 rings (SSSR count). The van der Waals surface area contributed by atoms with Crippen LogP contribution in [0.4, 0.5) is 0 Å². The van der Waals surface area contributed by atoms with Gasteiger partial charge in [0.2, 0.25) is 0 Å². The van der Waals surface area contributed by atoms with E-state index in [9.17, 15) is 4.79 Å². The third kappa shape index (κ3) is 2.66. The zero-order valence-electron chi connectivity index (χ0n) is 12.3. The molecule has 1 amide bonds. The van der Waals surface area contributed by atoms with Crippen LogP contribution in [-0.2, 0) is 13.1 Å². The van der Waals surface area contributed by atoms with Crippen molar-refractivity contribution in [3.8, 4) is 0 Å². The summed E-state index contributed by atoms with van der Waals surface area (Å²) in [6.07, 6.45) is 1.79. The predicted octanol–water partition coefficient (Wildman–Crippen LogP) is 3.44. The van der Waals surface area contributed by atoms with Crippen molar-refractivity contribution in [1.82, 2.24) is 14.3 Å². The van der Waals surface area contributed by atoms with E-state index in [-0.39, 0.29) is 5.91 Å². The molecular weight excluding hydrogens is 364 g/mol. The van der Waals surface area contributed by atoms with Crippen LogP contribution in [0.25, 0.3) is 10.2 Å². The lowest BCUT2D eigenvalue weighted by molar-refractivity contribution is 0.0992. The molecule has 22 heavy (non-hydrogen) atoms. The van der Waals surface area contributed by atoms with Crippen molar-refractivity contribution in [2.24, 2.45) is 4.99 Å². The van der Waals surface area contributed by atoms with Crippen LogP contribution in [-0.4, -0.2) is 20.3 Å². The molecule has 0 fully saturated rings. The summed E-state index contributed by atoms with van der Waals surface area (Å²) in [5.74, 6) is -0.308. The van der Waals surface area contributed by atoms with E-state index < -0.39 is 0 Å². The number of para-hydroxylation sites is 1. The fraction of sp³-hybridized carbons (Fsp3) is 0.267. The van der Waals surface area contributed by atoms with Crippen LogP contribution in [0.2, 0.25) is 0 Å². The molecule has 0 atom stereocenters. The number of carbonyl (C=O) groups is 1. The number of carbonyl (C=O) groups excluding carboxylic acids is 1. The minimum Gasteiger partial charge on any atom is -0.316 e. The molecule has 114 valence electrons. The fourth-order valence-corrected chi connectivity index (χ4v) is 4.09. The van der Waals surface area contributed by atoms with E-state index in [1.165, 1.54) is 11.3 Å². The van der Waals surface area contributed by atoms with Crippen molar-refractivity contribution in [1.29, 1.82) is 0 Å². The molecule has 5 nitrogen and oxygen atoms in total. The zero-order chi connectivity index (χ0) is 15.7. The molecule has 2 aromatic heterocycles. The van der Waals surface area contributed by atoms with Gasteiger partial charge in [0.15, 0.2) is 10.5 Å². The highest BCUT2D eigenvalue weighted by atomic mass is 79.9. The van der Waals surface area contributed by atoms with Gasteiger partial charge in [0.25, 0.3) is 5.91 Å². The van der Waals surface area contributed by atoms with Crippen molar-refractivity contribution < 1.29 is 4.79 Å². The monoisotopic (exact) mass is 378 g/mol. The number of hydrogen-bond donors (Lipinski definition) is 0. The van der Waals surface area contributed by atoms with E-state index >= 15 is 0 Å². The number of aromatic nitrogens is 3. The minimum atomic E-state index is -0.308. The number of nitrogens with zero attached hydrogens (tertiary/aromatic N) is 4. The summed E-state index contributed by atoms with van der Waals surface area (Å²) >= 11 is 5.08. The van der Waals surface area contributed by atoms with Crippen LogP contribution in [0.5, 0.6) is 0 Å². The first-order chi connectivity index (χ1) is 10.6. The van der Waals surface area contributed by atoms with Gasteiger partial charge in [0.05, 0.1) is 10.2 Å². The number of aryl methyl sites for hydroxylation is 2. The largest absolute Gasteiger partial charge is 0.316 e. The van der Waals surface area contributed by atoms with Crippen molar-refractivity contribution in [2.45, 2.75) is 26.9 Å².